The van der Waals surface area contributed by atoms with Crippen LogP contribution in [0, 0.1) is 6.92 Å². The molecule has 1 N–H and O–H groups in total. The Labute approximate surface area is 148 Å². The second-order valence-corrected chi connectivity index (χ2v) is 8.94. The van der Waals surface area contributed by atoms with E-state index < -0.39 is 9.84 Å². The highest BCUT2D eigenvalue weighted by Gasteiger charge is 2.30. The maximum Gasteiger partial charge on any atom is 0.221 e. The molecule has 0 aliphatic carbocycles. The molecule has 1 unspecified atom stereocenters. The van der Waals surface area contributed by atoms with Gasteiger partial charge in [0.2, 0.25) is 5.91 Å². The van der Waals surface area contributed by atoms with E-state index in [9.17, 15) is 13.2 Å². The van der Waals surface area contributed by atoms with Crippen molar-refractivity contribution in [2.45, 2.75) is 32.4 Å². The zero-order chi connectivity index (χ0) is 18.0. The fourth-order valence-corrected chi connectivity index (χ4v) is 5.05. The maximum absolute atomic E-state index is 12.1. The molecule has 0 bridgehead atoms. The summed E-state index contributed by atoms with van der Waals surface area (Å²) >= 11 is 0. The lowest BCUT2D eigenvalue weighted by Gasteiger charge is -2.22. The summed E-state index contributed by atoms with van der Waals surface area (Å²) in [5.41, 5.74) is 1.87. The van der Waals surface area contributed by atoms with Crippen molar-refractivity contribution < 1.29 is 17.6 Å². The molecule has 2 aromatic rings. The van der Waals surface area contributed by atoms with Gasteiger partial charge in [-0.25, -0.2) is 8.42 Å². The lowest BCUT2D eigenvalue weighted by atomic mass is 10.1. The van der Waals surface area contributed by atoms with E-state index in [2.05, 4.69) is 5.32 Å². The van der Waals surface area contributed by atoms with E-state index in [-0.39, 0.29) is 23.5 Å². The fourth-order valence-electron chi connectivity index (χ4n) is 3.24. The number of carbonyl (C=O) groups is 1. The number of amides is 1. The van der Waals surface area contributed by atoms with Gasteiger partial charge in [0.1, 0.15) is 11.3 Å². The van der Waals surface area contributed by atoms with E-state index in [1.165, 1.54) is 0 Å². The summed E-state index contributed by atoms with van der Waals surface area (Å²) in [4.78, 5) is 14.1. The molecule has 0 radical (unpaired) electrons. The number of sulfone groups is 1. The van der Waals surface area contributed by atoms with E-state index in [1.54, 1.807) is 0 Å². The second-order valence-electron chi connectivity index (χ2n) is 6.71. The molecule has 2 heterocycles. The summed E-state index contributed by atoms with van der Waals surface area (Å²) < 4.78 is 28.9. The van der Waals surface area contributed by atoms with Gasteiger partial charge >= 0.3 is 0 Å². The predicted octanol–water partition coefficient (Wildman–Crippen LogP) is 1.87. The van der Waals surface area contributed by atoms with Gasteiger partial charge in [0, 0.05) is 30.0 Å². The smallest absolute Gasteiger partial charge is 0.221 e. The first-order chi connectivity index (χ1) is 11.9. The summed E-state index contributed by atoms with van der Waals surface area (Å²) in [5, 5.41) is 3.95. The Morgan fingerprint density at radius 2 is 2.12 bits per heavy atom. The summed E-state index contributed by atoms with van der Waals surface area (Å²) in [6.07, 6.45) is 0.991. The number of aryl methyl sites for hydroxylation is 1. The number of para-hydroxylation sites is 1. The summed E-state index contributed by atoms with van der Waals surface area (Å²) in [6, 6.07) is 7.83. The van der Waals surface area contributed by atoms with Crippen LogP contribution in [-0.2, 0) is 21.2 Å². The van der Waals surface area contributed by atoms with Crippen LogP contribution in [0.2, 0.25) is 0 Å². The minimum Gasteiger partial charge on any atom is -0.459 e. The van der Waals surface area contributed by atoms with Crippen LogP contribution in [0.3, 0.4) is 0 Å². The number of hydrogen-bond acceptors (Lipinski definition) is 5. The van der Waals surface area contributed by atoms with Crippen LogP contribution in [0.5, 0.6) is 0 Å². The summed E-state index contributed by atoms with van der Waals surface area (Å²) in [6.45, 7) is 2.90. The van der Waals surface area contributed by atoms with Gasteiger partial charge in [-0.3, -0.25) is 4.79 Å². The number of carbonyl (C=O) groups excluding carboxylic acids is 1. The standard InChI is InChI=1S/C18H24N2O4S/c1-13-15-5-3-4-6-16(15)24-17(13)11-19-18(21)7-9-20(2)14-8-10-25(22,23)12-14/h3-6,14H,7-12H2,1-2H3,(H,19,21). The first kappa shape index (κ1) is 17.9. The number of benzene rings is 1. The molecule has 3 rings (SSSR count). The van der Waals surface area contributed by atoms with E-state index in [4.69, 9.17) is 4.42 Å². The van der Waals surface area contributed by atoms with Crippen molar-refractivity contribution in [3.63, 3.8) is 0 Å². The van der Waals surface area contributed by atoms with Crippen LogP contribution in [0.1, 0.15) is 24.2 Å². The van der Waals surface area contributed by atoms with Gasteiger partial charge in [0.25, 0.3) is 0 Å². The van der Waals surface area contributed by atoms with Gasteiger partial charge in [0.15, 0.2) is 9.84 Å². The minimum atomic E-state index is -2.90. The number of rotatable bonds is 6. The minimum absolute atomic E-state index is 0.0235. The molecule has 1 saturated heterocycles. The fraction of sp³-hybridized carbons (Fsp3) is 0.500. The van der Waals surface area contributed by atoms with Crippen molar-refractivity contribution in [1.29, 1.82) is 0 Å². The van der Waals surface area contributed by atoms with Gasteiger partial charge in [-0.15, -0.1) is 0 Å². The van der Waals surface area contributed by atoms with Crippen molar-refractivity contribution in [3.8, 4) is 0 Å². The third-order valence-electron chi connectivity index (χ3n) is 4.91. The van der Waals surface area contributed by atoms with E-state index in [0.29, 0.717) is 25.9 Å². The summed E-state index contributed by atoms with van der Waals surface area (Å²) in [7, 11) is -1.02. The molecular formula is C18H24N2O4S. The normalized spacial score (nSPS) is 19.6. The van der Waals surface area contributed by atoms with Crippen LogP contribution in [0.25, 0.3) is 11.0 Å². The zero-order valence-corrected chi connectivity index (χ0v) is 15.4. The van der Waals surface area contributed by atoms with Crippen LogP contribution in [0.15, 0.2) is 28.7 Å². The van der Waals surface area contributed by atoms with Crippen molar-refractivity contribution in [2.75, 3.05) is 25.1 Å². The molecule has 1 aliphatic rings. The molecule has 1 aromatic carbocycles. The molecule has 1 fully saturated rings. The number of furan rings is 1. The Hall–Kier alpha value is -1.86. The predicted molar refractivity (Wildman–Crippen MR) is 97.1 cm³/mol. The van der Waals surface area contributed by atoms with Gasteiger partial charge in [-0.05, 0) is 26.5 Å². The van der Waals surface area contributed by atoms with E-state index in [1.807, 2.05) is 43.1 Å². The number of nitrogens with zero attached hydrogens (tertiary/aromatic N) is 1. The maximum atomic E-state index is 12.1. The van der Waals surface area contributed by atoms with Crippen molar-refractivity contribution >= 4 is 26.7 Å². The quantitative estimate of drug-likeness (QED) is 0.846. The van der Waals surface area contributed by atoms with Crippen LogP contribution < -0.4 is 5.32 Å². The van der Waals surface area contributed by atoms with Gasteiger partial charge in [-0.1, -0.05) is 18.2 Å². The topological polar surface area (TPSA) is 79.6 Å². The molecule has 136 valence electrons. The second kappa shape index (κ2) is 7.17. The monoisotopic (exact) mass is 364 g/mol. The average molecular weight is 364 g/mol. The molecule has 1 atom stereocenters. The average Bonchev–Trinajstić information content (AvgIpc) is 3.11. The zero-order valence-electron chi connectivity index (χ0n) is 14.6. The molecule has 6 nitrogen and oxygen atoms in total. The molecule has 25 heavy (non-hydrogen) atoms. The lowest BCUT2D eigenvalue weighted by molar-refractivity contribution is -0.121. The van der Waals surface area contributed by atoms with Crippen LogP contribution in [0.4, 0.5) is 0 Å². The Morgan fingerprint density at radius 1 is 1.36 bits per heavy atom. The van der Waals surface area contributed by atoms with Crippen LogP contribution >= 0.6 is 0 Å². The Balaban J connectivity index is 1.48. The van der Waals surface area contributed by atoms with Crippen LogP contribution in [-0.4, -0.2) is 50.4 Å². The van der Waals surface area contributed by atoms with Crippen molar-refractivity contribution in [1.82, 2.24) is 10.2 Å². The highest BCUT2D eigenvalue weighted by atomic mass is 32.2. The van der Waals surface area contributed by atoms with Crippen molar-refractivity contribution in [2.24, 2.45) is 0 Å². The molecule has 0 saturated carbocycles. The van der Waals surface area contributed by atoms with Gasteiger partial charge in [-0.2, -0.15) is 0 Å². The third kappa shape index (κ3) is 4.22. The lowest BCUT2D eigenvalue weighted by Crippen LogP contribution is -2.36. The Bertz CT molecular complexity index is 872. The largest absolute Gasteiger partial charge is 0.459 e. The number of nitrogens with one attached hydrogen (secondary N) is 1. The molecule has 1 aliphatic heterocycles. The van der Waals surface area contributed by atoms with E-state index >= 15 is 0 Å². The number of hydrogen-bond donors (Lipinski definition) is 1. The molecule has 0 spiro atoms. The highest BCUT2D eigenvalue weighted by Crippen LogP contribution is 2.24. The molecular weight excluding hydrogens is 340 g/mol. The Morgan fingerprint density at radius 3 is 2.80 bits per heavy atom. The highest BCUT2D eigenvalue weighted by molar-refractivity contribution is 7.91. The van der Waals surface area contributed by atoms with Gasteiger partial charge in [0.05, 0.1) is 18.1 Å². The molecule has 1 amide bonds. The van der Waals surface area contributed by atoms with E-state index in [0.717, 1.165) is 22.3 Å². The first-order valence-corrected chi connectivity index (χ1v) is 10.3. The summed E-state index contributed by atoms with van der Waals surface area (Å²) in [5.74, 6) is 1.15. The molecule has 7 heteroatoms. The third-order valence-corrected chi connectivity index (χ3v) is 6.66. The molecule has 1 aromatic heterocycles. The van der Waals surface area contributed by atoms with Crippen molar-refractivity contribution in [3.05, 3.63) is 35.6 Å². The SMILES string of the molecule is Cc1c(CNC(=O)CCN(C)C2CCS(=O)(=O)C2)oc2ccccc12. The van der Waals surface area contributed by atoms with Gasteiger partial charge < -0.3 is 14.6 Å². The Kier molecular flexibility index (Phi) is 5.15. The number of fused-ring (bicyclic) bond motifs is 1. The first-order valence-electron chi connectivity index (χ1n) is 8.50.